The second-order valence-corrected chi connectivity index (χ2v) is 5.35. The highest BCUT2D eigenvalue weighted by molar-refractivity contribution is 14.0. The minimum atomic E-state index is 0. The van der Waals surface area contributed by atoms with Gasteiger partial charge in [0.05, 0.1) is 0 Å². The molecule has 0 aromatic carbocycles. The molecule has 22 heavy (non-hydrogen) atoms. The van der Waals surface area contributed by atoms with Crippen LogP contribution in [0.3, 0.4) is 0 Å². The third-order valence-electron chi connectivity index (χ3n) is 3.34. The maximum absolute atomic E-state index is 5.61. The molecule has 0 atom stereocenters. The summed E-state index contributed by atoms with van der Waals surface area (Å²) in [5.41, 5.74) is 0. The topological polar surface area (TPSA) is 76.4 Å². The molecule has 0 aliphatic heterocycles. The molecule has 1 fully saturated rings. The number of ether oxygens (including phenoxy) is 1. The molecule has 0 spiro atoms. The van der Waals surface area contributed by atoms with Crippen molar-refractivity contribution < 1.29 is 4.74 Å². The van der Waals surface area contributed by atoms with E-state index < -0.39 is 0 Å². The molecule has 0 bridgehead atoms. The van der Waals surface area contributed by atoms with Crippen molar-refractivity contribution in [3.8, 4) is 0 Å². The fraction of sp³-hybridized carbons (Fsp3) is 0.786. The van der Waals surface area contributed by atoms with Crippen LogP contribution < -0.4 is 10.6 Å². The Morgan fingerprint density at radius 3 is 2.91 bits per heavy atom. The van der Waals surface area contributed by atoms with Crippen LogP contribution in [0.15, 0.2) is 11.3 Å². The molecule has 8 heteroatoms. The average Bonchev–Trinajstić information content (AvgIpc) is 3.21. The van der Waals surface area contributed by atoms with Gasteiger partial charge in [0.1, 0.15) is 12.9 Å². The predicted molar refractivity (Wildman–Crippen MR) is 97.4 cm³/mol. The zero-order valence-corrected chi connectivity index (χ0v) is 15.7. The summed E-state index contributed by atoms with van der Waals surface area (Å²) in [6, 6.07) is 0. The molecule has 1 aliphatic rings. The first-order valence-corrected chi connectivity index (χ1v) is 7.72. The summed E-state index contributed by atoms with van der Waals surface area (Å²) in [4.78, 5) is 4.50. The van der Waals surface area contributed by atoms with Gasteiger partial charge < -0.3 is 19.9 Å². The van der Waals surface area contributed by atoms with E-state index in [1.807, 2.05) is 11.6 Å². The van der Waals surface area contributed by atoms with E-state index in [9.17, 15) is 0 Å². The number of hydrogen-bond acceptors (Lipinski definition) is 4. The third-order valence-corrected chi connectivity index (χ3v) is 3.34. The SMILES string of the molecule is CCNC(=NCc1nncn1C)NCCCOCC1CC1.I. The fourth-order valence-corrected chi connectivity index (χ4v) is 1.86. The van der Waals surface area contributed by atoms with E-state index in [1.165, 1.54) is 12.8 Å². The highest BCUT2D eigenvalue weighted by Crippen LogP contribution is 2.28. The molecule has 1 heterocycles. The van der Waals surface area contributed by atoms with E-state index in [-0.39, 0.29) is 24.0 Å². The molecule has 1 aromatic rings. The molecule has 0 saturated heterocycles. The largest absolute Gasteiger partial charge is 0.381 e. The van der Waals surface area contributed by atoms with Crippen molar-refractivity contribution in [3.63, 3.8) is 0 Å². The number of aryl methyl sites for hydroxylation is 1. The maximum Gasteiger partial charge on any atom is 0.191 e. The van der Waals surface area contributed by atoms with Gasteiger partial charge in [-0.05, 0) is 32.1 Å². The number of rotatable bonds is 9. The second kappa shape index (κ2) is 10.8. The standard InChI is InChI=1S/C14H26N6O.HI/c1-3-15-14(17-9-13-19-18-11-20(13)2)16-7-4-8-21-10-12-5-6-12;/h11-12H,3-10H2,1-2H3,(H2,15,16,17);1H. The van der Waals surface area contributed by atoms with Crippen LogP contribution in [0.4, 0.5) is 0 Å². The molecule has 2 rings (SSSR count). The number of halogens is 1. The lowest BCUT2D eigenvalue weighted by molar-refractivity contribution is 0.123. The van der Waals surface area contributed by atoms with Crippen LogP contribution in [0.1, 0.15) is 32.0 Å². The van der Waals surface area contributed by atoms with E-state index >= 15 is 0 Å². The molecule has 1 aromatic heterocycles. The lowest BCUT2D eigenvalue weighted by atomic mass is 10.4. The molecular formula is C14H27IN6O. The van der Waals surface area contributed by atoms with Gasteiger partial charge in [-0.3, -0.25) is 0 Å². The van der Waals surface area contributed by atoms with E-state index in [0.29, 0.717) is 6.54 Å². The smallest absolute Gasteiger partial charge is 0.191 e. The third kappa shape index (κ3) is 7.39. The quantitative estimate of drug-likeness (QED) is 0.272. The van der Waals surface area contributed by atoms with Crippen molar-refractivity contribution in [1.29, 1.82) is 0 Å². The number of guanidine groups is 1. The summed E-state index contributed by atoms with van der Waals surface area (Å²) in [6.45, 7) is 6.01. The Kier molecular flexibility index (Phi) is 9.37. The molecule has 1 aliphatic carbocycles. The van der Waals surface area contributed by atoms with E-state index in [1.54, 1.807) is 6.33 Å². The van der Waals surface area contributed by atoms with Gasteiger partial charge >= 0.3 is 0 Å². The number of aromatic nitrogens is 3. The first-order chi connectivity index (χ1) is 10.3. The van der Waals surface area contributed by atoms with Crippen LogP contribution in [-0.4, -0.2) is 47.0 Å². The Bertz CT molecular complexity index is 446. The van der Waals surface area contributed by atoms with Gasteiger partial charge in [0.15, 0.2) is 11.8 Å². The zero-order valence-electron chi connectivity index (χ0n) is 13.4. The van der Waals surface area contributed by atoms with Gasteiger partial charge in [-0.15, -0.1) is 34.2 Å². The summed E-state index contributed by atoms with van der Waals surface area (Å²) in [5, 5.41) is 14.4. The molecule has 126 valence electrons. The lowest BCUT2D eigenvalue weighted by Crippen LogP contribution is -2.38. The fourth-order valence-electron chi connectivity index (χ4n) is 1.86. The van der Waals surface area contributed by atoms with Crippen LogP contribution >= 0.6 is 24.0 Å². The zero-order chi connectivity index (χ0) is 14.9. The highest BCUT2D eigenvalue weighted by atomic mass is 127. The van der Waals surface area contributed by atoms with Gasteiger partial charge in [0.2, 0.25) is 0 Å². The average molecular weight is 422 g/mol. The predicted octanol–water partition coefficient (Wildman–Crippen LogP) is 1.30. The Hall–Kier alpha value is -0.900. The molecular weight excluding hydrogens is 395 g/mol. The normalized spacial score (nSPS) is 14.5. The van der Waals surface area contributed by atoms with Crippen LogP contribution in [0.25, 0.3) is 0 Å². The van der Waals surface area contributed by atoms with Crippen molar-refractivity contribution >= 4 is 29.9 Å². The van der Waals surface area contributed by atoms with Crippen molar-refractivity contribution in [2.45, 2.75) is 32.7 Å². The lowest BCUT2D eigenvalue weighted by Gasteiger charge is -2.11. The van der Waals surface area contributed by atoms with Crippen LogP contribution in [0.5, 0.6) is 0 Å². The maximum atomic E-state index is 5.61. The highest BCUT2D eigenvalue weighted by Gasteiger charge is 2.20. The second-order valence-electron chi connectivity index (χ2n) is 5.35. The first-order valence-electron chi connectivity index (χ1n) is 7.72. The molecule has 7 nitrogen and oxygen atoms in total. The monoisotopic (exact) mass is 422 g/mol. The Morgan fingerprint density at radius 2 is 2.27 bits per heavy atom. The Morgan fingerprint density at radius 1 is 1.45 bits per heavy atom. The van der Waals surface area contributed by atoms with Crippen LogP contribution in [-0.2, 0) is 18.3 Å². The van der Waals surface area contributed by atoms with E-state index in [0.717, 1.165) is 50.4 Å². The van der Waals surface area contributed by atoms with Gasteiger partial charge in [0, 0.05) is 33.4 Å². The van der Waals surface area contributed by atoms with Gasteiger partial charge in [-0.1, -0.05) is 0 Å². The molecule has 0 amide bonds. The van der Waals surface area contributed by atoms with Crippen LogP contribution in [0, 0.1) is 5.92 Å². The van der Waals surface area contributed by atoms with E-state index in [4.69, 9.17) is 4.74 Å². The molecule has 0 radical (unpaired) electrons. The van der Waals surface area contributed by atoms with Crippen molar-refractivity contribution in [2.24, 2.45) is 18.0 Å². The summed E-state index contributed by atoms with van der Waals surface area (Å²) < 4.78 is 7.49. The van der Waals surface area contributed by atoms with Gasteiger partial charge in [-0.2, -0.15) is 0 Å². The number of nitrogens with zero attached hydrogens (tertiary/aromatic N) is 4. The number of nitrogens with one attached hydrogen (secondary N) is 2. The van der Waals surface area contributed by atoms with Gasteiger partial charge in [0.25, 0.3) is 0 Å². The Balaban J connectivity index is 0.00000242. The summed E-state index contributed by atoms with van der Waals surface area (Å²) in [5.74, 6) is 2.49. The molecule has 1 saturated carbocycles. The van der Waals surface area contributed by atoms with Crippen LogP contribution in [0.2, 0.25) is 0 Å². The summed E-state index contributed by atoms with van der Waals surface area (Å²) in [7, 11) is 1.92. The van der Waals surface area contributed by atoms with Crippen molar-refractivity contribution in [2.75, 3.05) is 26.3 Å². The number of aliphatic imine (C=N–C) groups is 1. The summed E-state index contributed by atoms with van der Waals surface area (Å²) >= 11 is 0. The molecule has 0 unspecified atom stereocenters. The molecule has 2 N–H and O–H groups in total. The minimum Gasteiger partial charge on any atom is -0.381 e. The number of hydrogen-bond donors (Lipinski definition) is 2. The first kappa shape index (κ1) is 19.1. The minimum absolute atomic E-state index is 0. The van der Waals surface area contributed by atoms with Crippen molar-refractivity contribution in [1.82, 2.24) is 25.4 Å². The summed E-state index contributed by atoms with van der Waals surface area (Å²) in [6.07, 6.45) is 5.36. The van der Waals surface area contributed by atoms with Gasteiger partial charge in [-0.25, -0.2) is 4.99 Å². The van der Waals surface area contributed by atoms with E-state index in [2.05, 4.69) is 32.7 Å². The van der Waals surface area contributed by atoms with Crippen molar-refractivity contribution in [3.05, 3.63) is 12.2 Å². The Labute approximate surface area is 149 Å².